The summed E-state index contributed by atoms with van der Waals surface area (Å²) >= 11 is 0. The molecule has 0 saturated heterocycles. The summed E-state index contributed by atoms with van der Waals surface area (Å²) in [6.45, 7) is 3.81. The molecule has 0 aromatic heterocycles. The van der Waals surface area contributed by atoms with Crippen LogP contribution in [0.1, 0.15) is 18.1 Å². The highest BCUT2D eigenvalue weighted by Gasteiger charge is 2.47. The second-order valence-corrected chi connectivity index (χ2v) is 5.76. The molecular formula is C18H18N2O3. The van der Waals surface area contributed by atoms with Gasteiger partial charge in [0.25, 0.3) is 17.4 Å². The SMILES string of the molecule is Cc1cccc(CNC(=O)[C@]2(C)Oc3ccccc3NC2=O)c1. The van der Waals surface area contributed by atoms with Crippen molar-refractivity contribution < 1.29 is 14.3 Å². The smallest absolute Gasteiger partial charge is 0.278 e. The summed E-state index contributed by atoms with van der Waals surface area (Å²) < 4.78 is 5.68. The molecule has 23 heavy (non-hydrogen) atoms. The lowest BCUT2D eigenvalue weighted by atomic mass is 10.0. The van der Waals surface area contributed by atoms with Gasteiger partial charge in [0.1, 0.15) is 5.75 Å². The summed E-state index contributed by atoms with van der Waals surface area (Å²) in [4.78, 5) is 24.8. The largest absolute Gasteiger partial charge is 0.466 e. The monoisotopic (exact) mass is 310 g/mol. The van der Waals surface area contributed by atoms with Crippen LogP contribution < -0.4 is 15.4 Å². The van der Waals surface area contributed by atoms with Crippen LogP contribution in [-0.4, -0.2) is 17.4 Å². The van der Waals surface area contributed by atoms with E-state index in [0.717, 1.165) is 11.1 Å². The molecule has 3 rings (SSSR count). The van der Waals surface area contributed by atoms with Crippen LogP contribution in [0.5, 0.6) is 5.75 Å². The van der Waals surface area contributed by atoms with Gasteiger partial charge in [0.15, 0.2) is 0 Å². The minimum atomic E-state index is -1.59. The van der Waals surface area contributed by atoms with Gasteiger partial charge in [-0.25, -0.2) is 0 Å². The van der Waals surface area contributed by atoms with Gasteiger partial charge in [-0.2, -0.15) is 0 Å². The van der Waals surface area contributed by atoms with Gasteiger partial charge in [-0.1, -0.05) is 42.0 Å². The number of hydrogen-bond acceptors (Lipinski definition) is 3. The van der Waals surface area contributed by atoms with E-state index >= 15 is 0 Å². The Bertz CT molecular complexity index is 772. The molecule has 0 aliphatic carbocycles. The molecule has 1 atom stereocenters. The molecular weight excluding hydrogens is 292 g/mol. The predicted octanol–water partition coefficient (Wildman–Crippen LogP) is 2.40. The molecule has 0 saturated carbocycles. The minimum absolute atomic E-state index is 0.342. The molecule has 2 aromatic carbocycles. The molecule has 5 nitrogen and oxygen atoms in total. The predicted molar refractivity (Wildman–Crippen MR) is 87.1 cm³/mol. The van der Waals surface area contributed by atoms with E-state index in [-0.39, 0.29) is 0 Å². The molecule has 0 bridgehead atoms. The van der Waals surface area contributed by atoms with Crippen molar-refractivity contribution in [3.05, 3.63) is 59.7 Å². The first kappa shape index (κ1) is 15.1. The number of carbonyl (C=O) groups is 2. The Morgan fingerprint density at radius 3 is 2.78 bits per heavy atom. The molecule has 0 unspecified atom stereocenters. The van der Waals surface area contributed by atoms with Gasteiger partial charge in [-0.05, 0) is 31.5 Å². The zero-order valence-electron chi connectivity index (χ0n) is 13.1. The fourth-order valence-electron chi connectivity index (χ4n) is 2.49. The third-order valence-electron chi connectivity index (χ3n) is 3.85. The Balaban J connectivity index is 1.75. The summed E-state index contributed by atoms with van der Waals surface area (Å²) in [5.74, 6) is -0.454. The van der Waals surface area contributed by atoms with Crippen molar-refractivity contribution in [1.29, 1.82) is 0 Å². The molecule has 0 radical (unpaired) electrons. The van der Waals surface area contributed by atoms with E-state index < -0.39 is 17.4 Å². The zero-order valence-corrected chi connectivity index (χ0v) is 13.1. The third-order valence-corrected chi connectivity index (χ3v) is 3.85. The van der Waals surface area contributed by atoms with Gasteiger partial charge in [0.2, 0.25) is 0 Å². The summed E-state index contributed by atoms with van der Waals surface area (Å²) in [5, 5.41) is 5.49. The van der Waals surface area contributed by atoms with Gasteiger partial charge < -0.3 is 15.4 Å². The quantitative estimate of drug-likeness (QED) is 0.856. The summed E-state index contributed by atoms with van der Waals surface area (Å²) in [6, 6.07) is 14.9. The number of fused-ring (bicyclic) bond motifs is 1. The van der Waals surface area contributed by atoms with Gasteiger partial charge >= 0.3 is 0 Å². The van der Waals surface area contributed by atoms with E-state index in [1.807, 2.05) is 31.2 Å². The molecule has 5 heteroatoms. The van der Waals surface area contributed by atoms with Crippen LogP contribution in [0.4, 0.5) is 5.69 Å². The van der Waals surface area contributed by atoms with Crippen molar-refractivity contribution in [2.75, 3.05) is 5.32 Å². The van der Waals surface area contributed by atoms with Gasteiger partial charge in [0, 0.05) is 6.54 Å². The average Bonchev–Trinajstić information content (AvgIpc) is 2.53. The lowest BCUT2D eigenvalue weighted by molar-refractivity contribution is -0.146. The van der Waals surface area contributed by atoms with E-state index in [4.69, 9.17) is 4.74 Å². The second kappa shape index (κ2) is 5.76. The standard InChI is InChI=1S/C18H18N2O3/c1-12-6-5-7-13(10-12)11-19-16(21)18(2)17(22)20-14-8-3-4-9-15(14)23-18/h3-10H,11H2,1-2H3,(H,19,21)(H,20,22)/t18-/m0/s1. The number of para-hydroxylation sites is 2. The minimum Gasteiger partial charge on any atom is -0.466 e. The van der Waals surface area contributed by atoms with Crippen molar-refractivity contribution in [3.63, 3.8) is 0 Å². The first-order valence-corrected chi connectivity index (χ1v) is 7.42. The first-order valence-electron chi connectivity index (χ1n) is 7.42. The number of carbonyl (C=O) groups excluding carboxylic acids is 2. The van der Waals surface area contributed by atoms with Crippen molar-refractivity contribution >= 4 is 17.5 Å². The molecule has 1 aliphatic heterocycles. The normalized spacial score (nSPS) is 19.3. The van der Waals surface area contributed by atoms with Crippen molar-refractivity contribution in [3.8, 4) is 5.75 Å². The summed E-state index contributed by atoms with van der Waals surface area (Å²) in [5.41, 5.74) is 1.07. The highest BCUT2D eigenvalue weighted by molar-refractivity contribution is 6.15. The maximum atomic E-state index is 12.5. The van der Waals surface area contributed by atoms with Crippen LogP contribution in [0.25, 0.3) is 0 Å². The van der Waals surface area contributed by atoms with Crippen LogP contribution in [-0.2, 0) is 16.1 Å². The molecule has 0 fully saturated rings. The van der Waals surface area contributed by atoms with Crippen molar-refractivity contribution in [2.45, 2.75) is 26.0 Å². The summed E-state index contributed by atoms with van der Waals surface area (Å²) in [6.07, 6.45) is 0. The Hall–Kier alpha value is -2.82. The first-order chi connectivity index (χ1) is 11.0. The number of anilines is 1. The van der Waals surface area contributed by atoms with Crippen molar-refractivity contribution in [1.82, 2.24) is 5.32 Å². The lowest BCUT2D eigenvalue weighted by Crippen LogP contribution is -2.58. The van der Waals surface area contributed by atoms with Gasteiger partial charge in [-0.15, -0.1) is 0 Å². The molecule has 2 amide bonds. The Kier molecular flexibility index (Phi) is 3.78. The third kappa shape index (κ3) is 2.90. The average molecular weight is 310 g/mol. The second-order valence-electron chi connectivity index (χ2n) is 5.76. The number of amides is 2. The van der Waals surface area contributed by atoms with E-state index in [9.17, 15) is 9.59 Å². The molecule has 1 heterocycles. The van der Waals surface area contributed by atoms with Crippen LogP contribution in [0.3, 0.4) is 0 Å². The molecule has 0 spiro atoms. The lowest BCUT2D eigenvalue weighted by Gasteiger charge is -2.33. The molecule has 2 N–H and O–H groups in total. The number of rotatable bonds is 3. The number of aryl methyl sites for hydroxylation is 1. The van der Waals surface area contributed by atoms with Crippen LogP contribution in [0, 0.1) is 6.92 Å². The zero-order chi connectivity index (χ0) is 16.4. The van der Waals surface area contributed by atoms with E-state index in [1.54, 1.807) is 24.3 Å². The maximum Gasteiger partial charge on any atom is 0.278 e. The Labute approximate surface area is 134 Å². The van der Waals surface area contributed by atoms with Crippen LogP contribution in [0.2, 0.25) is 0 Å². The molecule has 1 aliphatic rings. The van der Waals surface area contributed by atoms with E-state index in [2.05, 4.69) is 10.6 Å². The Morgan fingerprint density at radius 2 is 2.00 bits per heavy atom. The topological polar surface area (TPSA) is 67.4 Å². The fourth-order valence-corrected chi connectivity index (χ4v) is 2.49. The highest BCUT2D eigenvalue weighted by atomic mass is 16.5. The summed E-state index contributed by atoms with van der Waals surface area (Å²) in [7, 11) is 0. The molecule has 2 aromatic rings. The fraction of sp³-hybridized carbons (Fsp3) is 0.222. The highest BCUT2D eigenvalue weighted by Crippen LogP contribution is 2.33. The van der Waals surface area contributed by atoms with E-state index in [0.29, 0.717) is 18.0 Å². The van der Waals surface area contributed by atoms with Gasteiger partial charge in [0.05, 0.1) is 5.69 Å². The number of nitrogens with one attached hydrogen (secondary N) is 2. The van der Waals surface area contributed by atoms with Crippen LogP contribution >= 0.6 is 0 Å². The maximum absolute atomic E-state index is 12.5. The van der Waals surface area contributed by atoms with E-state index in [1.165, 1.54) is 6.92 Å². The number of benzene rings is 2. The Morgan fingerprint density at radius 1 is 1.22 bits per heavy atom. The van der Waals surface area contributed by atoms with Crippen LogP contribution in [0.15, 0.2) is 48.5 Å². The molecule has 118 valence electrons. The number of ether oxygens (including phenoxy) is 1. The number of hydrogen-bond donors (Lipinski definition) is 2. The van der Waals surface area contributed by atoms with Crippen molar-refractivity contribution in [2.24, 2.45) is 0 Å². The van der Waals surface area contributed by atoms with Gasteiger partial charge in [-0.3, -0.25) is 9.59 Å².